The van der Waals surface area contributed by atoms with Crippen molar-refractivity contribution in [3.63, 3.8) is 0 Å². The van der Waals surface area contributed by atoms with Crippen molar-refractivity contribution in [2.75, 3.05) is 0 Å². The molecule has 0 radical (unpaired) electrons. The first-order valence-corrected chi connectivity index (χ1v) is 10.3. The largest absolute Gasteiger partial charge is 0.457 e. The zero-order valence-electron chi connectivity index (χ0n) is 16.2. The number of nitrogens with zero attached hydrogens (tertiary/aromatic N) is 2. The van der Waals surface area contributed by atoms with Crippen LogP contribution >= 0.6 is 11.3 Å². The second kappa shape index (κ2) is 8.80. The summed E-state index contributed by atoms with van der Waals surface area (Å²) in [4.78, 5) is 16.6. The number of thiophene rings is 1. The molecule has 0 saturated heterocycles. The second-order valence-corrected chi connectivity index (χ2v) is 7.79. The Labute approximate surface area is 174 Å². The van der Waals surface area contributed by atoms with Crippen molar-refractivity contribution < 1.29 is 9.53 Å². The van der Waals surface area contributed by atoms with Crippen molar-refractivity contribution >= 4 is 17.2 Å². The number of aryl methyl sites for hydroxylation is 1. The van der Waals surface area contributed by atoms with Gasteiger partial charge in [-0.25, -0.2) is 0 Å². The van der Waals surface area contributed by atoms with Crippen molar-refractivity contribution in [2.45, 2.75) is 13.1 Å². The molecule has 0 spiro atoms. The lowest BCUT2D eigenvalue weighted by atomic mass is 10.1. The van der Waals surface area contributed by atoms with E-state index < -0.39 is 0 Å². The Hall–Kier alpha value is -3.31. The third-order valence-corrected chi connectivity index (χ3v) is 5.57. The van der Waals surface area contributed by atoms with Crippen LogP contribution in [-0.2, 0) is 20.1 Å². The third kappa shape index (κ3) is 4.58. The molecule has 0 aliphatic heterocycles. The van der Waals surface area contributed by atoms with Gasteiger partial charge in [-0.2, -0.15) is 0 Å². The second-order valence-electron chi connectivity index (χ2n) is 6.76. The van der Waals surface area contributed by atoms with E-state index >= 15 is 0 Å². The van der Waals surface area contributed by atoms with E-state index in [4.69, 9.17) is 4.74 Å². The molecule has 0 N–H and O–H groups in total. The van der Waals surface area contributed by atoms with Gasteiger partial charge in [-0.1, -0.05) is 36.4 Å². The predicted molar refractivity (Wildman–Crippen MR) is 116 cm³/mol. The Bertz CT molecular complexity index is 1070. The summed E-state index contributed by atoms with van der Waals surface area (Å²) in [5.74, 6) is 1.22. The van der Waals surface area contributed by atoms with Crippen LogP contribution in [0.15, 0.2) is 90.4 Å². The molecule has 146 valence electrons. The van der Waals surface area contributed by atoms with Gasteiger partial charge in [0.2, 0.25) is 0 Å². The number of rotatable bonds is 7. The van der Waals surface area contributed by atoms with Crippen LogP contribution in [0.25, 0.3) is 0 Å². The molecule has 4 aromatic rings. The summed E-state index contributed by atoms with van der Waals surface area (Å²) in [6.07, 6.45) is 2.00. The van der Waals surface area contributed by atoms with Crippen LogP contribution in [0, 0.1) is 0 Å². The monoisotopic (exact) mass is 402 g/mol. The molecule has 0 fully saturated rings. The van der Waals surface area contributed by atoms with Crippen LogP contribution < -0.4 is 4.74 Å². The molecule has 0 bridgehead atoms. The van der Waals surface area contributed by atoms with E-state index in [-0.39, 0.29) is 5.91 Å². The maximum absolute atomic E-state index is 13.6. The molecule has 4 rings (SSSR count). The number of aromatic nitrogens is 1. The summed E-state index contributed by atoms with van der Waals surface area (Å²) in [7, 11) is 2.00. The van der Waals surface area contributed by atoms with Gasteiger partial charge in [0.15, 0.2) is 0 Å². The van der Waals surface area contributed by atoms with Crippen LogP contribution in [0.3, 0.4) is 0 Å². The number of benzene rings is 2. The summed E-state index contributed by atoms with van der Waals surface area (Å²) in [5.41, 5.74) is 1.64. The highest BCUT2D eigenvalue weighted by Crippen LogP contribution is 2.27. The summed E-state index contributed by atoms with van der Waals surface area (Å²) in [6.45, 7) is 1.08. The summed E-state index contributed by atoms with van der Waals surface area (Å²) < 4.78 is 8.07. The van der Waals surface area contributed by atoms with Crippen LogP contribution in [0.5, 0.6) is 11.5 Å². The van der Waals surface area contributed by atoms with Gasteiger partial charge in [-0.3, -0.25) is 4.79 Å². The highest BCUT2D eigenvalue weighted by atomic mass is 32.1. The van der Waals surface area contributed by atoms with Gasteiger partial charge in [0, 0.05) is 23.8 Å². The fraction of sp³-hybridized carbons (Fsp3) is 0.125. The van der Waals surface area contributed by atoms with Crippen LogP contribution in [0.4, 0.5) is 0 Å². The van der Waals surface area contributed by atoms with E-state index in [0.717, 1.165) is 10.6 Å². The first-order valence-electron chi connectivity index (χ1n) is 9.44. The molecule has 5 heteroatoms. The van der Waals surface area contributed by atoms with E-state index in [2.05, 4.69) is 6.07 Å². The number of hydrogen-bond acceptors (Lipinski definition) is 3. The van der Waals surface area contributed by atoms with Gasteiger partial charge >= 0.3 is 0 Å². The molecular formula is C24H22N2O2S. The smallest absolute Gasteiger partial charge is 0.258 e. The normalized spacial score (nSPS) is 10.7. The van der Waals surface area contributed by atoms with Gasteiger partial charge in [-0.15, -0.1) is 11.3 Å². The molecule has 1 amide bonds. The van der Waals surface area contributed by atoms with Crippen molar-refractivity contribution in [3.8, 4) is 11.5 Å². The summed E-state index contributed by atoms with van der Waals surface area (Å²) in [6, 6.07) is 25.1. The Morgan fingerprint density at radius 3 is 2.45 bits per heavy atom. The van der Waals surface area contributed by atoms with Crippen molar-refractivity contribution in [1.29, 1.82) is 0 Å². The van der Waals surface area contributed by atoms with Crippen LogP contribution in [0.2, 0.25) is 0 Å². The average Bonchev–Trinajstić information content (AvgIpc) is 3.40. The third-order valence-electron chi connectivity index (χ3n) is 4.71. The number of carbonyl (C=O) groups excluding carboxylic acids is 1. The molecule has 2 aromatic carbocycles. The first-order chi connectivity index (χ1) is 14.2. The van der Waals surface area contributed by atoms with E-state index in [1.807, 2.05) is 101 Å². The molecule has 0 aliphatic rings. The number of carbonyl (C=O) groups is 1. The quantitative estimate of drug-likeness (QED) is 0.396. The van der Waals surface area contributed by atoms with Gasteiger partial charge in [0.1, 0.15) is 11.5 Å². The number of para-hydroxylation sites is 2. The topological polar surface area (TPSA) is 34.5 Å². The molecule has 29 heavy (non-hydrogen) atoms. The lowest BCUT2D eigenvalue weighted by Crippen LogP contribution is -2.30. The molecule has 0 aliphatic carbocycles. The van der Waals surface area contributed by atoms with E-state index in [0.29, 0.717) is 30.2 Å². The van der Waals surface area contributed by atoms with Crippen molar-refractivity contribution in [1.82, 2.24) is 9.47 Å². The molecule has 2 heterocycles. The Balaban J connectivity index is 1.64. The zero-order chi connectivity index (χ0) is 20.1. The first kappa shape index (κ1) is 19.0. The zero-order valence-corrected chi connectivity index (χ0v) is 17.0. The molecule has 4 nitrogen and oxygen atoms in total. The molecular weight excluding hydrogens is 380 g/mol. The molecule has 0 atom stereocenters. The Morgan fingerprint density at radius 1 is 0.931 bits per heavy atom. The summed E-state index contributed by atoms with van der Waals surface area (Å²) in [5, 5.41) is 2.03. The fourth-order valence-corrected chi connectivity index (χ4v) is 3.88. The number of hydrogen-bond donors (Lipinski definition) is 0. The van der Waals surface area contributed by atoms with Gasteiger partial charge in [0.05, 0.1) is 18.7 Å². The maximum atomic E-state index is 13.6. The predicted octanol–water partition coefficient (Wildman–Crippen LogP) is 5.72. The van der Waals surface area contributed by atoms with E-state index in [1.165, 1.54) is 0 Å². The van der Waals surface area contributed by atoms with Gasteiger partial charge in [-0.05, 0) is 47.8 Å². The average molecular weight is 403 g/mol. The lowest BCUT2D eigenvalue weighted by Gasteiger charge is -2.24. The number of ether oxygens (including phenoxy) is 1. The lowest BCUT2D eigenvalue weighted by molar-refractivity contribution is 0.0725. The minimum Gasteiger partial charge on any atom is -0.457 e. The molecule has 0 saturated carbocycles. The van der Waals surface area contributed by atoms with Crippen LogP contribution in [-0.4, -0.2) is 15.4 Å². The van der Waals surface area contributed by atoms with Crippen LogP contribution in [0.1, 0.15) is 20.9 Å². The standard InChI is InChI=1S/C24H22N2O2S/c1-25-15-7-9-19(25)17-26(18-21-12-8-16-29-21)24(27)22-13-5-6-14-23(22)28-20-10-3-2-4-11-20/h2-16H,17-18H2,1H3. The van der Waals surface area contributed by atoms with E-state index in [9.17, 15) is 4.79 Å². The van der Waals surface area contributed by atoms with Crippen molar-refractivity contribution in [3.05, 3.63) is 107 Å². The minimum absolute atomic E-state index is 0.0499. The maximum Gasteiger partial charge on any atom is 0.258 e. The molecule has 2 aromatic heterocycles. The highest BCUT2D eigenvalue weighted by Gasteiger charge is 2.21. The van der Waals surface area contributed by atoms with Gasteiger partial charge < -0.3 is 14.2 Å². The minimum atomic E-state index is -0.0499. The number of amides is 1. The van der Waals surface area contributed by atoms with Gasteiger partial charge in [0.25, 0.3) is 5.91 Å². The Kier molecular flexibility index (Phi) is 5.77. The van der Waals surface area contributed by atoms with Crippen molar-refractivity contribution in [2.24, 2.45) is 7.05 Å². The highest BCUT2D eigenvalue weighted by molar-refractivity contribution is 7.09. The SMILES string of the molecule is Cn1cccc1CN(Cc1cccs1)C(=O)c1ccccc1Oc1ccccc1. The Morgan fingerprint density at radius 2 is 1.72 bits per heavy atom. The van der Waals surface area contributed by atoms with E-state index in [1.54, 1.807) is 11.3 Å². The summed E-state index contributed by atoms with van der Waals surface area (Å²) >= 11 is 1.66. The fourth-order valence-electron chi connectivity index (χ4n) is 3.16. The molecule has 0 unspecified atom stereocenters.